The van der Waals surface area contributed by atoms with Gasteiger partial charge in [0.05, 0.1) is 17.0 Å². The monoisotopic (exact) mass is 250 g/mol. The van der Waals surface area contributed by atoms with Gasteiger partial charge in [0.15, 0.2) is 5.78 Å². The number of Topliss-reactive ketones (excluding diaryl/α,β-unsaturated/α-hetero) is 1. The average molecular weight is 250 g/mol. The van der Waals surface area contributed by atoms with E-state index in [9.17, 15) is 4.79 Å². The fourth-order valence-electron chi connectivity index (χ4n) is 2.18. The zero-order valence-corrected chi connectivity index (χ0v) is 11.2. The number of thioether (sulfide) groups is 1. The molecule has 4 heteroatoms. The summed E-state index contributed by atoms with van der Waals surface area (Å²) in [5.74, 6) is 1.76. The molecule has 0 amide bonds. The molecule has 0 N–H and O–H groups in total. The second kappa shape index (κ2) is 5.63. The van der Waals surface area contributed by atoms with E-state index in [-0.39, 0.29) is 5.78 Å². The predicted octanol–water partition coefficient (Wildman–Crippen LogP) is 3.16. The van der Waals surface area contributed by atoms with Gasteiger partial charge in [0.25, 0.3) is 0 Å². The molecule has 1 heterocycles. The van der Waals surface area contributed by atoms with Crippen LogP contribution >= 0.6 is 11.8 Å². The fraction of sp³-hybridized carbons (Fsp3) is 0.615. The molecule has 0 spiro atoms. The molecule has 1 aromatic heterocycles. The largest absolute Gasteiger partial charge is 0.294 e. The molecule has 92 valence electrons. The summed E-state index contributed by atoms with van der Waals surface area (Å²) in [6, 6.07) is 0. The van der Waals surface area contributed by atoms with Crippen molar-refractivity contribution in [2.24, 2.45) is 0 Å². The average Bonchev–Trinajstić information content (AvgIpc) is 2.78. The Morgan fingerprint density at radius 3 is 2.76 bits per heavy atom. The standard InChI is InChI=1S/C13H18N2OS/c1-9-12(10(2)16)7-14-13(15-9)8-17-11-5-3-4-6-11/h7,11H,3-6,8H2,1-2H3. The van der Waals surface area contributed by atoms with Crippen molar-refractivity contribution < 1.29 is 4.79 Å². The third kappa shape index (κ3) is 3.28. The molecule has 0 unspecified atom stereocenters. The molecular weight excluding hydrogens is 232 g/mol. The third-order valence-electron chi connectivity index (χ3n) is 3.16. The normalized spacial score (nSPS) is 16.4. The van der Waals surface area contributed by atoms with Crippen LogP contribution < -0.4 is 0 Å². The minimum absolute atomic E-state index is 0.0393. The van der Waals surface area contributed by atoms with E-state index in [4.69, 9.17) is 0 Å². The molecule has 0 aliphatic heterocycles. The van der Waals surface area contributed by atoms with Crippen LogP contribution in [0.15, 0.2) is 6.20 Å². The Bertz CT molecular complexity index is 414. The SMILES string of the molecule is CC(=O)c1cnc(CSC2CCCC2)nc1C. The van der Waals surface area contributed by atoms with Crippen molar-refractivity contribution in [1.82, 2.24) is 9.97 Å². The number of ketones is 1. The number of aryl methyl sites for hydroxylation is 1. The molecule has 1 aliphatic rings. The Morgan fingerprint density at radius 2 is 2.18 bits per heavy atom. The first kappa shape index (κ1) is 12.6. The molecule has 2 rings (SSSR count). The quantitative estimate of drug-likeness (QED) is 0.770. The fourth-order valence-corrected chi connectivity index (χ4v) is 3.37. The number of nitrogens with zero attached hydrogens (tertiary/aromatic N) is 2. The number of carbonyl (C=O) groups is 1. The topological polar surface area (TPSA) is 42.9 Å². The Hall–Kier alpha value is -0.900. The summed E-state index contributed by atoms with van der Waals surface area (Å²) in [5.41, 5.74) is 1.44. The van der Waals surface area contributed by atoms with E-state index in [1.807, 2.05) is 18.7 Å². The van der Waals surface area contributed by atoms with Crippen LogP contribution in [0.2, 0.25) is 0 Å². The zero-order chi connectivity index (χ0) is 12.3. The van der Waals surface area contributed by atoms with Crippen molar-refractivity contribution in [3.05, 3.63) is 23.3 Å². The molecular formula is C13H18N2OS. The predicted molar refractivity (Wildman–Crippen MR) is 70.3 cm³/mol. The van der Waals surface area contributed by atoms with Gasteiger partial charge in [-0.1, -0.05) is 12.8 Å². The summed E-state index contributed by atoms with van der Waals surface area (Å²) < 4.78 is 0. The van der Waals surface area contributed by atoms with Crippen LogP contribution in [0.5, 0.6) is 0 Å². The highest BCUT2D eigenvalue weighted by molar-refractivity contribution is 7.99. The van der Waals surface area contributed by atoms with E-state index in [0.717, 1.165) is 22.5 Å². The molecule has 1 fully saturated rings. The van der Waals surface area contributed by atoms with Crippen LogP contribution in [0.4, 0.5) is 0 Å². The molecule has 1 aliphatic carbocycles. The highest BCUT2D eigenvalue weighted by Gasteiger charge is 2.16. The highest BCUT2D eigenvalue weighted by atomic mass is 32.2. The number of carbonyl (C=O) groups excluding carboxylic acids is 1. The maximum absolute atomic E-state index is 11.3. The summed E-state index contributed by atoms with van der Waals surface area (Å²) in [4.78, 5) is 19.9. The van der Waals surface area contributed by atoms with E-state index in [0.29, 0.717) is 5.56 Å². The first-order chi connectivity index (χ1) is 8.16. The van der Waals surface area contributed by atoms with E-state index in [1.165, 1.54) is 25.7 Å². The molecule has 0 bridgehead atoms. The third-order valence-corrected chi connectivity index (χ3v) is 4.53. The van der Waals surface area contributed by atoms with E-state index < -0.39 is 0 Å². The van der Waals surface area contributed by atoms with Crippen molar-refractivity contribution in [1.29, 1.82) is 0 Å². The van der Waals surface area contributed by atoms with Crippen LogP contribution in [0.25, 0.3) is 0 Å². The Kier molecular flexibility index (Phi) is 4.15. The van der Waals surface area contributed by atoms with Gasteiger partial charge in [-0.2, -0.15) is 11.8 Å². The van der Waals surface area contributed by atoms with Gasteiger partial charge in [-0.05, 0) is 26.7 Å². The lowest BCUT2D eigenvalue weighted by atomic mass is 10.2. The minimum Gasteiger partial charge on any atom is -0.294 e. The van der Waals surface area contributed by atoms with Crippen LogP contribution in [-0.2, 0) is 5.75 Å². The lowest BCUT2D eigenvalue weighted by Gasteiger charge is -2.08. The number of hydrogen-bond acceptors (Lipinski definition) is 4. The lowest BCUT2D eigenvalue weighted by Crippen LogP contribution is -2.05. The van der Waals surface area contributed by atoms with E-state index in [2.05, 4.69) is 9.97 Å². The van der Waals surface area contributed by atoms with Crippen LogP contribution in [0, 0.1) is 6.92 Å². The van der Waals surface area contributed by atoms with Gasteiger partial charge in [0, 0.05) is 11.4 Å². The number of hydrogen-bond donors (Lipinski definition) is 0. The smallest absolute Gasteiger partial charge is 0.163 e. The summed E-state index contributed by atoms with van der Waals surface area (Å²) in [6.45, 7) is 3.43. The van der Waals surface area contributed by atoms with E-state index >= 15 is 0 Å². The van der Waals surface area contributed by atoms with E-state index in [1.54, 1.807) is 13.1 Å². The van der Waals surface area contributed by atoms with Crippen molar-refractivity contribution in [3.8, 4) is 0 Å². The molecule has 0 aromatic carbocycles. The van der Waals surface area contributed by atoms with Crippen molar-refractivity contribution in [3.63, 3.8) is 0 Å². The second-order valence-corrected chi connectivity index (χ2v) is 5.85. The van der Waals surface area contributed by atoms with Gasteiger partial charge < -0.3 is 0 Å². The van der Waals surface area contributed by atoms with Crippen molar-refractivity contribution >= 4 is 17.5 Å². The molecule has 1 saturated carbocycles. The molecule has 17 heavy (non-hydrogen) atoms. The number of aromatic nitrogens is 2. The van der Waals surface area contributed by atoms with Crippen molar-refractivity contribution in [2.45, 2.75) is 50.5 Å². The maximum atomic E-state index is 11.3. The molecule has 0 radical (unpaired) electrons. The highest BCUT2D eigenvalue weighted by Crippen LogP contribution is 2.30. The summed E-state index contributed by atoms with van der Waals surface area (Å²) >= 11 is 1.95. The number of rotatable bonds is 4. The van der Waals surface area contributed by atoms with Gasteiger partial charge in [-0.15, -0.1) is 0 Å². The molecule has 3 nitrogen and oxygen atoms in total. The van der Waals surface area contributed by atoms with Crippen LogP contribution in [0.1, 0.15) is 54.5 Å². The molecule has 0 atom stereocenters. The Morgan fingerprint density at radius 1 is 1.47 bits per heavy atom. The summed E-state index contributed by atoms with van der Waals surface area (Å²) in [5, 5.41) is 0.784. The van der Waals surface area contributed by atoms with Crippen LogP contribution in [0.3, 0.4) is 0 Å². The first-order valence-corrected chi connectivity index (χ1v) is 7.17. The van der Waals surface area contributed by atoms with Gasteiger partial charge >= 0.3 is 0 Å². The molecule has 0 saturated heterocycles. The first-order valence-electron chi connectivity index (χ1n) is 6.12. The Balaban J connectivity index is 1.97. The van der Waals surface area contributed by atoms with Crippen LogP contribution in [-0.4, -0.2) is 21.0 Å². The lowest BCUT2D eigenvalue weighted by molar-refractivity contribution is 0.101. The van der Waals surface area contributed by atoms with Gasteiger partial charge in [0.1, 0.15) is 5.82 Å². The molecule has 1 aromatic rings. The summed E-state index contributed by atoms with van der Waals surface area (Å²) in [7, 11) is 0. The zero-order valence-electron chi connectivity index (χ0n) is 10.4. The van der Waals surface area contributed by atoms with Crippen molar-refractivity contribution in [2.75, 3.05) is 0 Å². The second-order valence-electron chi connectivity index (χ2n) is 4.56. The Labute approximate surface area is 106 Å². The van der Waals surface area contributed by atoms with Gasteiger partial charge in [0.2, 0.25) is 0 Å². The van der Waals surface area contributed by atoms with Gasteiger partial charge in [-0.25, -0.2) is 9.97 Å². The summed E-state index contributed by atoms with van der Waals surface area (Å²) in [6.07, 6.45) is 7.04. The minimum atomic E-state index is 0.0393. The van der Waals surface area contributed by atoms with Gasteiger partial charge in [-0.3, -0.25) is 4.79 Å². The maximum Gasteiger partial charge on any atom is 0.163 e.